The van der Waals surface area contributed by atoms with E-state index in [0.717, 1.165) is 25.7 Å². The molecule has 8 heteroatoms. The first-order valence-electron chi connectivity index (χ1n) is 7.55. The molecule has 2 aromatic heterocycles. The van der Waals surface area contributed by atoms with Crippen molar-refractivity contribution in [1.29, 1.82) is 0 Å². The number of rotatable bonds is 4. The van der Waals surface area contributed by atoms with Crippen molar-refractivity contribution in [3.63, 3.8) is 0 Å². The maximum absolute atomic E-state index is 12.4. The van der Waals surface area contributed by atoms with Crippen LogP contribution in [0.5, 0.6) is 5.88 Å². The SMILES string of the molecule is COC1CCC(NC(=O)c2nc(-n3ccnc3)cnc2O)CC1. The first kappa shape index (κ1) is 15.4. The average Bonchev–Trinajstić information content (AvgIpc) is 3.10. The summed E-state index contributed by atoms with van der Waals surface area (Å²) in [5.41, 5.74) is -0.0786. The number of amides is 1. The lowest BCUT2D eigenvalue weighted by Crippen LogP contribution is -2.39. The number of aromatic nitrogens is 4. The third-order valence-electron chi connectivity index (χ3n) is 4.07. The summed E-state index contributed by atoms with van der Waals surface area (Å²) in [4.78, 5) is 24.3. The summed E-state index contributed by atoms with van der Waals surface area (Å²) in [6.07, 6.45) is 10.0. The quantitative estimate of drug-likeness (QED) is 0.874. The predicted octanol–water partition coefficient (Wildman–Crippen LogP) is 1.06. The molecule has 1 aliphatic rings. The molecule has 0 radical (unpaired) electrons. The zero-order valence-corrected chi connectivity index (χ0v) is 12.8. The van der Waals surface area contributed by atoms with Crippen molar-refractivity contribution in [3.8, 4) is 11.7 Å². The van der Waals surface area contributed by atoms with Gasteiger partial charge in [0.1, 0.15) is 6.33 Å². The van der Waals surface area contributed by atoms with Crippen LogP contribution in [0.2, 0.25) is 0 Å². The molecule has 1 aliphatic carbocycles. The second-order valence-corrected chi connectivity index (χ2v) is 5.55. The Hall–Kier alpha value is -2.48. The van der Waals surface area contributed by atoms with Crippen LogP contribution in [0.15, 0.2) is 24.9 Å². The summed E-state index contributed by atoms with van der Waals surface area (Å²) >= 11 is 0. The Labute approximate surface area is 133 Å². The van der Waals surface area contributed by atoms with Gasteiger partial charge in [0.05, 0.1) is 12.3 Å². The van der Waals surface area contributed by atoms with E-state index < -0.39 is 5.91 Å². The highest BCUT2D eigenvalue weighted by atomic mass is 16.5. The lowest BCUT2D eigenvalue weighted by Gasteiger charge is -2.28. The van der Waals surface area contributed by atoms with E-state index in [1.165, 1.54) is 6.20 Å². The van der Waals surface area contributed by atoms with Gasteiger partial charge >= 0.3 is 0 Å². The number of hydrogen-bond donors (Lipinski definition) is 2. The Bertz CT molecular complexity index is 666. The molecule has 2 heterocycles. The van der Waals surface area contributed by atoms with Gasteiger partial charge in [0.25, 0.3) is 5.91 Å². The van der Waals surface area contributed by atoms with E-state index in [9.17, 15) is 9.90 Å². The highest BCUT2D eigenvalue weighted by Gasteiger charge is 2.24. The number of imidazole rings is 1. The zero-order chi connectivity index (χ0) is 16.2. The van der Waals surface area contributed by atoms with Crippen LogP contribution in [0.1, 0.15) is 36.2 Å². The molecule has 2 aromatic rings. The fourth-order valence-electron chi connectivity index (χ4n) is 2.74. The molecule has 1 saturated carbocycles. The first-order chi connectivity index (χ1) is 11.2. The van der Waals surface area contributed by atoms with Crippen molar-refractivity contribution < 1.29 is 14.6 Å². The molecule has 122 valence electrons. The molecule has 0 saturated heterocycles. The molecule has 1 amide bonds. The summed E-state index contributed by atoms with van der Waals surface area (Å²) < 4.78 is 6.94. The van der Waals surface area contributed by atoms with Crippen molar-refractivity contribution >= 4 is 5.91 Å². The van der Waals surface area contributed by atoms with Gasteiger partial charge in [-0.15, -0.1) is 0 Å². The number of aromatic hydroxyl groups is 1. The Morgan fingerprint density at radius 1 is 1.39 bits per heavy atom. The zero-order valence-electron chi connectivity index (χ0n) is 12.8. The van der Waals surface area contributed by atoms with Crippen molar-refractivity contribution in [3.05, 3.63) is 30.6 Å². The molecule has 0 atom stereocenters. The van der Waals surface area contributed by atoms with Gasteiger partial charge in [0.2, 0.25) is 5.88 Å². The minimum absolute atomic E-state index is 0.0620. The van der Waals surface area contributed by atoms with E-state index in [1.54, 1.807) is 30.4 Å². The van der Waals surface area contributed by atoms with Crippen LogP contribution in [0.3, 0.4) is 0 Å². The molecule has 8 nitrogen and oxygen atoms in total. The van der Waals surface area contributed by atoms with Gasteiger partial charge in [-0.3, -0.25) is 9.36 Å². The fraction of sp³-hybridized carbons (Fsp3) is 0.467. The van der Waals surface area contributed by atoms with Crippen molar-refractivity contribution in [2.75, 3.05) is 7.11 Å². The molecule has 1 fully saturated rings. The Morgan fingerprint density at radius 3 is 2.83 bits per heavy atom. The minimum Gasteiger partial charge on any atom is -0.492 e. The van der Waals surface area contributed by atoms with E-state index in [2.05, 4.69) is 20.3 Å². The number of nitrogens with one attached hydrogen (secondary N) is 1. The van der Waals surface area contributed by atoms with Crippen LogP contribution >= 0.6 is 0 Å². The molecule has 2 N–H and O–H groups in total. The van der Waals surface area contributed by atoms with Crippen LogP contribution in [0.4, 0.5) is 0 Å². The standard InChI is InChI=1S/C15H19N5O3/c1-23-11-4-2-10(3-5-11)18-15(22)13-14(21)17-8-12(19-13)20-7-6-16-9-20/h6-11H,2-5H2,1H3,(H,17,21)(H,18,22). The van der Waals surface area contributed by atoms with E-state index in [-0.39, 0.29) is 23.7 Å². The minimum atomic E-state index is -0.419. The number of nitrogens with zero attached hydrogens (tertiary/aromatic N) is 4. The molecule has 0 aromatic carbocycles. The van der Waals surface area contributed by atoms with Gasteiger partial charge in [-0.1, -0.05) is 0 Å². The lowest BCUT2D eigenvalue weighted by molar-refractivity contribution is 0.0597. The smallest absolute Gasteiger partial charge is 0.275 e. The van der Waals surface area contributed by atoms with Crippen LogP contribution in [-0.2, 0) is 4.74 Å². The van der Waals surface area contributed by atoms with E-state index in [4.69, 9.17) is 4.74 Å². The van der Waals surface area contributed by atoms with Gasteiger partial charge in [-0.05, 0) is 25.7 Å². The Balaban J connectivity index is 1.71. The third kappa shape index (κ3) is 3.48. The number of methoxy groups -OCH3 is 1. The summed E-state index contributed by atoms with van der Waals surface area (Å²) in [6, 6.07) is 0.0620. The van der Waals surface area contributed by atoms with Crippen molar-refractivity contribution in [2.45, 2.75) is 37.8 Å². The largest absolute Gasteiger partial charge is 0.492 e. The van der Waals surface area contributed by atoms with E-state index in [0.29, 0.717) is 5.82 Å². The van der Waals surface area contributed by atoms with Gasteiger partial charge in [0.15, 0.2) is 11.5 Å². The number of ether oxygens (including phenoxy) is 1. The summed E-state index contributed by atoms with van der Waals surface area (Å²) in [7, 11) is 1.71. The second-order valence-electron chi connectivity index (χ2n) is 5.55. The first-order valence-corrected chi connectivity index (χ1v) is 7.55. The highest BCUT2D eigenvalue weighted by Crippen LogP contribution is 2.21. The van der Waals surface area contributed by atoms with Gasteiger partial charge in [-0.2, -0.15) is 0 Å². The van der Waals surface area contributed by atoms with Gasteiger partial charge in [-0.25, -0.2) is 15.0 Å². The third-order valence-corrected chi connectivity index (χ3v) is 4.07. The number of hydrogen-bond acceptors (Lipinski definition) is 6. The van der Waals surface area contributed by atoms with Crippen molar-refractivity contribution in [2.24, 2.45) is 0 Å². The predicted molar refractivity (Wildman–Crippen MR) is 81.3 cm³/mol. The van der Waals surface area contributed by atoms with Crippen LogP contribution in [-0.4, -0.2) is 49.8 Å². The summed E-state index contributed by atoms with van der Waals surface area (Å²) in [6.45, 7) is 0. The second kappa shape index (κ2) is 6.74. The topological polar surface area (TPSA) is 102 Å². The number of carbonyl (C=O) groups excluding carboxylic acids is 1. The Kier molecular flexibility index (Phi) is 4.52. The average molecular weight is 317 g/mol. The Morgan fingerprint density at radius 2 is 2.17 bits per heavy atom. The molecule has 0 aliphatic heterocycles. The molecule has 0 unspecified atom stereocenters. The van der Waals surface area contributed by atoms with Gasteiger partial charge in [0, 0.05) is 25.5 Å². The van der Waals surface area contributed by atoms with Crippen LogP contribution in [0.25, 0.3) is 5.82 Å². The summed E-state index contributed by atoms with van der Waals surface area (Å²) in [5.74, 6) is -0.372. The number of carbonyl (C=O) groups is 1. The van der Waals surface area contributed by atoms with E-state index >= 15 is 0 Å². The maximum atomic E-state index is 12.4. The highest BCUT2D eigenvalue weighted by molar-refractivity contribution is 5.94. The molecule has 3 rings (SSSR count). The molecule has 0 bridgehead atoms. The molecule has 23 heavy (non-hydrogen) atoms. The van der Waals surface area contributed by atoms with Crippen LogP contribution < -0.4 is 5.32 Å². The monoisotopic (exact) mass is 317 g/mol. The van der Waals surface area contributed by atoms with Gasteiger partial charge < -0.3 is 15.2 Å². The maximum Gasteiger partial charge on any atom is 0.275 e. The van der Waals surface area contributed by atoms with Crippen molar-refractivity contribution in [1.82, 2.24) is 24.8 Å². The van der Waals surface area contributed by atoms with E-state index in [1.807, 2.05) is 0 Å². The molecular weight excluding hydrogens is 298 g/mol. The fourth-order valence-corrected chi connectivity index (χ4v) is 2.74. The molecule has 0 spiro atoms. The molecular formula is C15H19N5O3. The summed E-state index contributed by atoms with van der Waals surface area (Å²) in [5, 5.41) is 12.7. The normalized spacial score (nSPS) is 21.1. The lowest BCUT2D eigenvalue weighted by atomic mass is 9.93. The van der Waals surface area contributed by atoms with Crippen LogP contribution in [0, 0.1) is 0 Å².